The highest BCUT2D eigenvalue weighted by Gasteiger charge is 2.20. The van der Waals surface area contributed by atoms with E-state index in [1.54, 1.807) is 13.0 Å². The molecule has 0 saturated carbocycles. The van der Waals surface area contributed by atoms with Crippen LogP contribution in [0.15, 0.2) is 18.2 Å². The van der Waals surface area contributed by atoms with E-state index in [9.17, 15) is 4.79 Å². The molecule has 0 radical (unpaired) electrons. The number of amides is 1. The highest BCUT2D eigenvalue weighted by Crippen LogP contribution is 2.29. The molecule has 1 heterocycles. The Morgan fingerprint density at radius 2 is 1.82 bits per heavy atom. The molecule has 2 rings (SSSR count). The molecule has 0 N–H and O–H groups in total. The number of piperazine rings is 1. The molecule has 5 heteroatoms. The number of rotatable bonds is 1. The topological polar surface area (TPSA) is 23.6 Å². The number of halogens is 2. The molecule has 1 aromatic carbocycles. The molecule has 0 aromatic heterocycles. The van der Waals surface area contributed by atoms with Gasteiger partial charge >= 0.3 is 0 Å². The summed E-state index contributed by atoms with van der Waals surface area (Å²) in [5.41, 5.74) is 0.985. The molecule has 1 aromatic rings. The van der Waals surface area contributed by atoms with Crippen LogP contribution in [0.4, 0.5) is 5.69 Å². The lowest BCUT2D eigenvalue weighted by Crippen LogP contribution is -2.48. The third kappa shape index (κ3) is 2.85. The molecule has 1 aliphatic rings. The second-order valence-corrected chi connectivity index (χ2v) is 4.93. The van der Waals surface area contributed by atoms with E-state index in [4.69, 9.17) is 23.2 Å². The summed E-state index contributed by atoms with van der Waals surface area (Å²) in [6, 6.07) is 5.50. The quantitative estimate of drug-likeness (QED) is 0.785. The minimum absolute atomic E-state index is 0.131. The summed E-state index contributed by atoms with van der Waals surface area (Å²) in [4.78, 5) is 15.2. The maximum absolute atomic E-state index is 11.2. The van der Waals surface area contributed by atoms with Gasteiger partial charge in [-0.25, -0.2) is 0 Å². The Labute approximate surface area is 111 Å². The summed E-state index contributed by atoms with van der Waals surface area (Å²) in [6.07, 6.45) is 0. The van der Waals surface area contributed by atoms with E-state index >= 15 is 0 Å². The molecule has 0 bridgehead atoms. The van der Waals surface area contributed by atoms with Crippen molar-refractivity contribution in [1.82, 2.24) is 4.90 Å². The SMILES string of the molecule is CC(=O)N1CCN(c2ccc(Cl)cc2Cl)CC1. The molecule has 0 aliphatic carbocycles. The first kappa shape index (κ1) is 12.5. The first-order chi connectivity index (χ1) is 8.08. The third-order valence-corrected chi connectivity index (χ3v) is 3.51. The molecular weight excluding hydrogens is 259 g/mol. The molecule has 17 heavy (non-hydrogen) atoms. The van der Waals surface area contributed by atoms with E-state index < -0.39 is 0 Å². The van der Waals surface area contributed by atoms with Crippen LogP contribution < -0.4 is 4.90 Å². The van der Waals surface area contributed by atoms with Crippen LogP contribution in [-0.2, 0) is 4.79 Å². The lowest BCUT2D eigenvalue weighted by molar-refractivity contribution is -0.129. The van der Waals surface area contributed by atoms with E-state index in [1.165, 1.54) is 0 Å². The standard InChI is InChI=1S/C12H14Cl2N2O/c1-9(17)15-4-6-16(7-5-15)12-3-2-10(13)8-11(12)14/h2-3,8H,4-7H2,1H3. The summed E-state index contributed by atoms with van der Waals surface area (Å²) in [5.74, 6) is 0.131. The molecule has 3 nitrogen and oxygen atoms in total. The van der Waals surface area contributed by atoms with Crippen molar-refractivity contribution in [3.05, 3.63) is 28.2 Å². The van der Waals surface area contributed by atoms with Gasteiger partial charge in [0.2, 0.25) is 5.91 Å². The Balaban J connectivity index is 2.08. The fraction of sp³-hybridized carbons (Fsp3) is 0.417. The summed E-state index contributed by atoms with van der Waals surface area (Å²) >= 11 is 12.0. The first-order valence-electron chi connectivity index (χ1n) is 5.53. The summed E-state index contributed by atoms with van der Waals surface area (Å²) in [7, 11) is 0. The Bertz CT molecular complexity index is 429. The highest BCUT2D eigenvalue weighted by atomic mass is 35.5. The van der Waals surface area contributed by atoms with Gasteiger partial charge in [-0.3, -0.25) is 4.79 Å². The minimum Gasteiger partial charge on any atom is -0.367 e. The number of benzene rings is 1. The smallest absolute Gasteiger partial charge is 0.219 e. The van der Waals surface area contributed by atoms with E-state index in [0.29, 0.717) is 10.0 Å². The van der Waals surface area contributed by atoms with Gasteiger partial charge in [0, 0.05) is 38.1 Å². The molecule has 0 spiro atoms. The van der Waals surface area contributed by atoms with Gasteiger partial charge in [0.25, 0.3) is 0 Å². The van der Waals surface area contributed by atoms with Gasteiger partial charge in [0.15, 0.2) is 0 Å². The van der Waals surface area contributed by atoms with E-state index in [0.717, 1.165) is 31.9 Å². The molecule has 1 aliphatic heterocycles. The predicted octanol–water partition coefficient (Wildman–Crippen LogP) is 2.66. The molecule has 1 saturated heterocycles. The van der Waals surface area contributed by atoms with E-state index in [2.05, 4.69) is 4.90 Å². The van der Waals surface area contributed by atoms with Crippen molar-refractivity contribution in [2.24, 2.45) is 0 Å². The summed E-state index contributed by atoms with van der Waals surface area (Å²) in [6.45, 7) is 4.70. The van der Waals surface area contributed by atoms with Crippen molar-refractivity contribution in [2.45, 2.75) is 6.92 Å². The average Bonchev–Trinajstić information content (AvgIpc) is 2.29. The van der Waals surface area contributed by atoms with Crippen molar-refractivity contribution in [3.8, 4) is 0 Å². The normalized spacial score (nSPS) is 16.2. The second-order valence-electron chi connectivity index (χ2n) is 4.09. The fourth-order valence-electron chi connectivity index (χ4n) is 2.00. The van der Waals surface area contributed by atoms with Gasteiger partial charge in [0.05, 0.1) is 10.7 Å². The van der Waals surface area contributed by atoms with Crippen LogP contribution in [0.5, 0.6) is 0 Å². The average molecular weight is 273 g/mol. The van der Waals surface area contributed by atoms with E-state index in [-0.39, 0.29) is 5.91 Å². The third-order valence-electron chi connectivity index (χ3n) is 2.98. The number of hydrogen-bond acceptors (Lipinski definition) is 2. The van der Waals surface area contributed by atoms with Gasteiger partial charge in [-0.1, -0.05) is 23.2 Å². The van der Waals surface area contributed by atoms with Gasteiger partial charge < -0.3 is 9.80 Å². The van der Waals surface area contributed by atoms with E-state index in [1.807, 2.05) is 17.0 Å². The maximum Gasteiger partial charge on any atom is 0.219 e. The largest absolute Gasteiger partial charge is 0.367 e. The maximum atomic E-state index is 11.2. The summed E-state index contributed by atoms with van der Waals surface area (Å²) in [5, 5.41) is 1.30. The predicted molar refractivity (Wildman–Crippen MR) is 70.9 cm³/mol. The minimum atomic E-state index is 0.131. The number of anilines is 1. The lowest BCUT2D eigenvalue weighted by Gasteiger charge is -2.36. The van der Waals surface area contributed by atoms with Crippen LogP contribution in [0.2, 0.25) is 10.0 Å². The van der Waals surface area contributed by atoms with Crippen LogP contribution in [-0.4, -0.2) is 37.0 Å². The van der Waals surface area contributed by atoms with Crippen LogP contribution in [0, 0.1) is 0 Å². The number of nitrogens with zero attached hydrogens (tertiary/aromatic N) is 2. The van der Waals surface area contributed by atoms with Crippen LogP contribution >= 0.6 is 23.2 Å². The monoisotopic (exact) mass is 272 g/mol. The van der Waals surface area contributed by atoms with Crippen LogP contribution in [0.25, 0.3) is 0 Å². The molecule has 0 atom stereocenters. The number of carbonyl (C=O) groups excluding carboxylic acids is 1. The van der Waals surface area contributed by atoms with Crippen molar-refractivity contribution in [1.29, 1.82) is 0 Å². The van der Waals surface area contributed by atoms with Crippen LogP contribution in [0.3, 0.4) is 0 Å². The van der Waals surface area contributed by atoms with Gasteiger partial charge in [-0.15, -0.1) is 0 Å². The zero-order chi connectivity index (χ0) is 12.4. The molecule has 0 unspecified atom stereocenters. The Morgan fingerprint density at radius 1 is 1.18 bits per heavy atom. The Kier molecular flexibility index (Phi) is 3.79. The summed E-state index contributed by atoms with van der Waals surface area (Å²) < 4.78 is 0. The lowest BCUT2D eigenvalue weighted by atomic mass is 10.2. The zero-order valence-corrected chi connectivity index (χ0v) is 11.1. The Morgan fingerprint density at radius 3 is 2.35 bits per heavy atom. The second kappa shape index (κ2) is 5.15. The molecule has 1 amide bonds. The first-order valence-corrected chi connectivity index (χ1v) is 6.29. The van der Waals surface area contributed by atoms with Crippen molar-refractivity contribution in [2.75, 3.05) is 31.1 Å². The molecular formula is C12H14Cl2N2O. The molecule has 1 fully saturated rings. The fourth-order valence-corrected chi connectivity index (χ4v) is 2.53. The van der Waals surface area contributed by atoms with Gasteiger partial charge in [0.1, 0.15) is 0 Å². The number of carbonyl (C=O) groups is 1. The zero-order valence-electron chi connectivity index (χ0n) is 9.62. The number of hydrogen-bond donors (Lipinski definition) is 0. The molecule has 92 valence electrons. The van der Waals surface area contributed by atoms with Crippen molar-refractivity contribution in [3.63, 3.8) is 0 Å². The Hall–Kier alpha value is -0.930. The van der Waals surface area contributed by atoms with Gasteiger partial charge in [-0.2, -0.15) is 0 Å². The van der Waals surface area contributed by atoms with Crippen molar-refractivity contribution < 1.29 is 4.79 Å². The van der Waals surface area contributed by atoms with Crippen LogP contribution in [0.1, 0.15) is 6.92 Å². The van der Waals surface area contributed by atoms with Crippen molar-refractivity contribution >= 4 is 34.8 Å². The van der Waals surface area contributed by atoms with Gasteiger partial charge in [-0.05, 0) is 18.2 Å². The highest BCUT2D eigenvalue weighted by molar-refractivity contribution is 6.36.